The summed E-state index contributed by atoms with van der Waals surface area (Å²) in [5.74, 6) is -1.22. The molecule has 28 heavy (non-hydrogen) atoms. The number of hydrogen-bond donors (Lipinski definition) is 0. The van der Waals surface area contributed by atoms with E-state index in [1.165, 1.54) is 10.5 Å². The van der Waals surface area contributed by atoms with Gasteiger partial charge in [-0.1, -0.05) is 60.2 Å². The number of fused-ring (bicyclic) bond motifs is 5. The molecule has 4 atom stereocenters. The molecule has 0 aromatic heterocycles. The highest BCUT2D eigenvalue weighted by Crippen LogP contribution is 2.58. The number of nitrogens with zero attached hydrogens (tertiary/aromatic N) is 2. The number of carbonyl (C=O) groups is 2. The van der Waals surface area contributed by atoms with Crippen molar-refractivity contribution >= 4 is 23.1 Å². The van der Waals surface area contributed by atoms with Crippen molar-refractivity contribution in [1.29, 1.82) is 5.26 Å². The molecule has 0 spiro atoms. The first-order valence-electron chi connectivity index (χ1n) is 9.45. The summed E-state index contributed by atoms with van der Waals surface area (Å²) in [7, 11) is 0. The summed E-state index contributed by atoms with van der Waals surface area (Å²) >= 11 is 0. The molecule has 2 aromatic rings. The maximum absolute atomic E-state index is 13.3. The fourth-order valence-electron chi connectivity index (χ4n) is 5.12. The minimum absolute atomic E-state index is 0.0501. The molecule has 2 amide bonds. The van der Waals surface area contributed by atoms with Gasteiger partial charge in [-0.05, 0) is 30.2 Å². The van der Waals surface area contributed by atoms with Crippen molar-refractivity contribution in [3.05, 3.63) is 83.4 Å². The van der Waals surface area contributed by atoms with Gasteiger partial charge in [0.2, 0.25) is 11.8 Å². The summed E-state index contributed by atoms with van der Waals surface area (Å²) in [5, 5.41) is 9.39. The molecule has 0 N–H and O–H groups in total. The molecule has 2 fully saturated rings. The molecule has 2 aliphatic carbocycles. The first-order chi connectivity index (χ1) is 13.6. The van der Waals surface area contributed by atoms with E-state index in [-0.39, 0.29) is 35.5 Å². The van der Waals surface area contributed by atoms with Gasteiger partial charge in [-0.2, -0.15) is 5.26 Å². The molecule has 0 radical (unpaired) electrons. The van der Waals surface area contributed by atoms with Gasteiger partial charge in [0.15, 0.2) is 0 Å². The molecule has 1 saturated carbocycles. The molecule has 2 aromatic carbocycles. The van der Waals surface area contributed by atoms with Crippen molar-refractivity contribution in [3.63, 3.8) is 0 Å². The lowest BCUT2D eigenvalue weighted by Crippen LogP contribution is -2.33. The van der Waals surface area contributed by atoms with E-state index in [0.717, 1.165) is 11.1 Å². The van der Waals surface area contributed by atoms with E-state index in [9.17, 15) is 14.9 Å². The average molecular weight is 366 g/mol. The van der Waals surface area contributed by atoms with E-state index in [0.29, 0.717) is 11.3 Å². The van der Waals surface area contributed by atoms with Crippen LogP contribution in [0.2, 0.25) is 0 Å². The SMILES string of the molecule is CC(=C1[C@H]2C=C[C@H]1[C@@H]1C(=O)N(c3ccccc3C#N)C(=O)[C@H]12)c1ccccc1. The number of anilines is 1. The Hall–Kier alpha value is -3.45. The number of imide groups is 1. The number of benzene rings is 2. The molecular weight excluding hydrogens is 348 g/mol. The second kappa shape index (κ2) is 6.03. The van der Waals surface area contributed by atoms with Crippen LogP contribution in [0.25, 0.3) is 5.57 Å². The Balaban J connectivity index is 1.58. The normalized spacial score (nSPS) is 27.3. The number of nitriles is 1. The molecule has 1 heterocycles. The van der Waals surface area contributed by atoms with Gasteiger partial charge in [0.1, 0.15) is 6.07 Å². The summed E-state index contributed by atoms with van der Waals surface area (Å²) in [6, 6.07) is 19.0. The molecule has 3 aliphatic rings. The zero-order valence-electron chi connectivity index (χ0n) is 15.4. The van der Waals surface area contributed by atoms with Crippen LogP contribution >= 0.6 is 0 Å². The third-order valence-electron chi connectivity index (χ3n) is 6.32. The Bertz CT molecular complexity index is 1070. The van der Waals surface area contributed by atoms with Crippen LogP contribution < -0.4 is 4.90 Å². The molecule has 5 rings (SSSR count). The van der Waals surface area contributed by atoms with Gasteiger partial charge in [0.05, 0.1) is 23.1 Å². The van der Waals surface area contributed by atoms with Gasteiger partial charge >= 0.3 is 0 Å². The van der Waals surface area contributed by atoms with Crippen LogP contribution in [0.4, 0.5) is 5.69 Å². The van der Waals surface area contributed by atoms with Crippen molar-refractivity contribution < 1.29 is 9.59 Å². The van der Waals surface area contributed by atoms with Crippen LogP contribution in [-0.2, 0) is 9.59 Å². The average Bonchev–Trinajstić information content (AvgIpc) is 3.37. The zero-order valence-corrected chi connectivity index (χ0v) is 15.4. The van der Waals surface area contributed by atoms with E-state index >= 15 is 0 Å². The summed E-state index contributed by atoms with van der Waals surface area (Å²) in [4.78, 5) is 27.8. The van der Waals surface area contributed by atoms with E-state index in [2.05, 4.69) is 37.3 Å². The summed E-state index contributed by atoms with van der Waals surface area (Å²) in [5.41, 5.74) is 4.22. The van der Waals surface area contributed by atoms with Crippen LogP contribution in [0, 0.1) is 35.0 Å². The number of amides is 2. The summed E-state index contributed by atoms with van der Waals surface area (Å²) in [6.07, 6.45) is 4.16. The summed E-state index contributed by atoms with van der Waals surface area (Å²) in [6.45, 7) is 2.08. The minimum Gasteiger partial charge on any atom is -0.274 e. The van der Waals surface area contributed by atoms with Crippen LogP contribution in [0.15, 0.2) is 72.3 Å². The predicted molar refractivity (Wildman–Crippen MR) is 106 cm³/mol. The first kappa shape index (κ1) is 16.7. The summed E-state index contributed by atoms with van der Waals surface area (Å²) < 4.78 is 0. The maximum Gasteiger partial charge on any atom is 0.238 e. The van der Waals surface area contributed by atoms with Gasteiger partial charge in [-0.25, -0.2) is 4.90 Å². The highest BCUT2D eigenvalue weighted by molar-refractivity contribution is 6.23. The monoisotopic (exact) mass is 366 g/mol. The van der Waals surface area contributed by atoms with Crippen LogP contribution in [0.1, 0.15) is 18.1 Å². The van der Waals surface area contributed by atoms with Crippen LogP contribution in [0.5, 0.6) is 0 Å². The Labute approximate surface area is 163 Å². The third-order valence-corrected chi connectivity index (χ3v) is 6.32. The van der Waals surface area contributed by atoms with Crippen LogP contribution in [0.3, 0.4) is 0 Å². The Morgan fingerprint density at radius 3 is 2.07 bits per heavy atom. The van der Waals surface area contributed by atoms with Crippen molar-refractivity contribution in [1.82, 2.24) is 0 Å². The second-order valence-corrected chi connectivity index (χ2v) is 7.58. The Morgan fingerprint density at radius 2 is 1.46 bits per heavy atom. The topological polar surface area (TPSA) is 61.2 Å². The first-order valence-corrected chi connectivity index (χ1v) is 9.45. The fourth-order valence-corrected chi connectivity index (χ4v) is 5.12. The lowest BCUT2D eigenvalue weighted by molar-refractivity contribution is -0.122. The van der Waals surface area contributed by atoms with E-state index in [4.69, 9.17) is 0 Å². The van der Waals surface area contributed by atoms with Crippen molar-refractivity contribution in [2.24, 2.45) is 23.7 Å². The number of para-hydroxylation sites is 1. The molecule has 1 aliphatic heterocycles. The molecule has 1 saturated heterocycles. The lowest BCUT2D eigenvalue weighted by Gasteiger charge is -2.20. The van der Waals surface area contributed by atoms with Gasteiger partial charge < -0.3 is 0 Å². The van der Waals surface area contributed by atoms with Gasteiger partial charge in [0.25, 0.3) is 0 Å². The van der Waals surface area contributed by atoms with E-state index in [1.54, 1.807) is 24.3 Å². The zero-order chi connectivity index (χ0) is 19.4. The molecule has 4 heteroatoms. The minimum atomic E-state index is -0.372. The highest BCUT2D eigenvalue weighted by Gasteiger charge is 2.62. The number of carbonyl (C=O) groups excluding carboxylic acids is 2. The van der Waals surface area contributed by atoms with E-state index in [1.807, 2.05) is 18.2 Å². The van der Waals surface area contributed by atoms with Crippen molar-refractivity contribution in [2.75, 3.05) is 4.90 Å². The number of rotatable bonds is 2. The Kier molecular flexibility index (Phi) is 3.60. The largest absolute Gasteiger partial charge is 0.274 e. The number of allylic oxidation sites excluding steroid dienone is 4. The highest BCUT2D eigenvalue weighted by atomic mass is 16.2. The standard InChI is InChI=1S/C24H18N2O2/c1-14(15-7-3-2-4-8-15)20-17-11-12-18(20)22-21(17)23(27)26(24(22)28)19-10-6-5-9-16(19)13-25/h2-12,17-18,21-22H,1H3/t17-,18-,21+,22+/m1/s1. The Morgan fingerprint density at radius 1 is 0.893 bits per heavy atom. The molecule has 2 bridgehead atoms. The van der Waals surface area contributed by atoms with Gasteiger partial charge in [0, 0.05) is 11.8 Å². The molecule has 136 valence electrons. The molecule has 0 unspecified atom stereocenters. The van der Waals surface area contributed by atoms with Crippen molar-refractivity contribution in [2.45, 2.75) is 6.92 Å². The van der Waals surface area contributed by atoms with Gasteiger partial charge in [-0.3, -0.25) is 9.59 Å². The predicted octanol–water partition coefficient (Wildman–Crippen LogP) is 3.95. The maximum atomic E-state index is 13.3. The molecular formula is C24H18N2O2. The second-order valence-electron chi connectivity index (χ2n) is 7.58. The van der Waals surface area contributed by atoms with E-state index < -0.39 is 0 Å². The smallest absolute Gasteiger partial charge is 0.238 e. The number of hydrogen-bond acceptors (Lipinski definition) is 3. The lowest BCUT2D eigenvalue weighted by atomic mass is 9.85. The van der Waals surface area contributed by atoms with Crippen molar-refractivity contribution in [3.8, 4) is 6.07 Å². The quantitative estimate of drug-likeness (QED) is 0.597. The van der Waals surface area contributed by atoms with Gasteiger partial charge in [-0.15, -0.1) is 0 Å². The fraction of sp³-hybridized carbons (Fsp3) is 0.208. The molecule has 4 nitrogen and oxygen atoms in total. The third kappa shape index (κ3) is 2.10. The van der Waals surface area contributed by atoms with Crippen LogP contribution in [-0.4, -0.2) is 11.8 Å².